The maximum atomic E-state index is 11.5. The number of phenols is 6. The summed E-state index contributed by atoms with van der Waals surface area (Å²) in [6.07, 6.45) is 2.63. The van der Waals surface area contributed by atoms with Crippen molar-refractivity contribution in [1.29, 1.82) is 0 Å². The summed E-state index contributed by atoms with van der Waals surface area (Å²) in [5.74, 6) is 0.886. The molecule has 0 aliphatic carbocycles. The molecule has 14 bridgehead atoms. The number of rotatable bonds is 0. The fraction of sp³-hybridized carbons (Fsp3) is 0.143. The van der Waals surface area contributed by atoms with Crippen molar-refractivity contribution in [2.45, 2.75) is 38.5 Å². The zero-order chi connectivity index (χ0) is 35.9. The topological polar surface area (TPSA) is 158 Å². The summed E-state index contributed by atoms with van der Waals surface area (Å²) >= 11 is 0. The molecular formula is C42H34O10. The number of hydrogen-bond acceptors (Lipinski definition) is 10. The van der Waals surface area contributed by atoms with E-state index in [4.69, 9.17) is 18.9 Å². The summed E-state index contributed by atoms with van der Waals surface area (Å²) in [7, 11) is 0. The molecule has 52 heavy (non-hydrogen) atoms. The van der Waals surface area contributed by atoms with Gasteiger partial charge in [0, 0.05) is 24.3 Å². The zero-order valence-electron chi connectivity index (χ0n) is 27.8. The van der Waals surface area contributed by atoms with Crippen molar-refractivity contribution in [3.63, 3.8) is 0 Å². The minimum atomic E-state index is -0.280. The van der Waals surface area contributed by atoms with Gasteiger partial charge in [0.1, 0.15) is 46.0 Å². The minimum absolute atomic E-state index is 0.0252. The molecule has 0 aromatic heterocycles. The zero-order valence-corrected chi connectivity index (χ0v) is 27.8. The molecule has 0 atom stereocenters. The second-order valence-electron chi connectivity index (χ2n) is 13.1. The molecule has 0 spiro atoms. The summed E-state index contributed by atoms with van der Waals surface area (Å²) < 4.78 is 24.9. The van der Waals surface area contributed by atoms with E-state index in [1.165, 1.54) is 24.3 Å². The first-order valence-electron chi connectivity index (χ1n) is 16.8. The SMILES string of the molecule is Oc1cc2cc(c1)Oc1cc3cc(c1O)Oc1cc(O)cc(c1)CCc1cc(O)cc(c1)Oc1cc(cc(c1O)Oc1cc(O)cc(c1)CC2)CC3. The number of aryl methyl sites for hydroxylation is 6. The maximum absolute atomic E-state index is 11.5. The highest BCUT2D eigenvalue weighted by Crippen LogP contribution is 2.46. The second-order valence-corrected chi connectivity index (χ2v) is 13.1. The van der Waals surface area contributed by atoms with Crippen LogP contribution in [0.25, 0.3) is 0 Å². The van der Waals surface area contributed by atoms with Crippen molar-refractivity contribution in [1.82, 2.24) is 0 Å². The van der Waals surface area contributed by atoms with Crippen LogP contribution in [0.1, 0.15) is 33.4 Å². The Morgan fingerprint density at radius 3 is 0.712 bits per heavy atom. The standard InChI is InChI=1S/C42H34O10/c43-29-7-23-1-2-24-8-30(44)20-34(12-24)50-38-16-28-6-5-27-15-37(49-33(11-23)19-29)41(47)39(17-27)51-35-13-25(9-31(45)21-35)3-4-26-10-32(46)22-36(14-26)52-40(18-28)42(38)48/h7-22,43-48H,1-6H2. The third kappa shape index (κ3) is 7.13. The van der Waals surface area contributed by atoms with E-state index in [1.54, 1.807) is 72.8 Å². The lowest BCUT2D eigenvalue weighted by Gasteiger charge is -2.18. The Kier molecular flexibility index (Phi) is 8.27. The lowest BCUT2D eigenvalue weighted by molar-refractivity contribution is 0.373. The van der Waals surface area contributed by atoms with E-state index in [-0.39, 0.29) is 57.5 Å². The number of aromatic hydroxyl groups is 6. The van der Waals surface area contributed by atoms with Crippen LogP contribution in [0.5, 0.6) is 80.5 Å². The molecule has 262 valence electrons. The third-order valence-corrected chi connectivity index (χ3v) is 9.02. The maximum Gasteiger partial charge on any atom is 0.202 e. The first-order valence-corrected chi connectivity index (χ1v) is 16.8. The molecule has 0 saturated carbocycles. The van der Waals surface area contributed by atoms with Crippen LogP contribution >= 0.6 is 0 Å². The molecule has 2 aliphatic rings. The molecule has 6 aromatic rings. The Labute approximate surface area is 298 Å². The van der Waals surface area contributed by atoms with Crippen LogP contribution in [-0.4, -0.2) is 30.6 Å². The molecule has 0 amide bonds. The number of ether oxygens (including phenoxy) is 4. The quantitative estimate of drug-likeness (QED) is 0.0904. The van der Waals surface area contributed by atoms with E-state index in [0.717, 1.165) is 33.4 Å². The lowest BCUT2D eigenvalue weighted by Crippen LogP contribution is -1.99. The van der Waals surface area contributed by atoms with Crippen molar-refractivity contribution in [3.8, 4) is 80.5 Å². The number of fused-ring (bicyclic) bond motifs is 13. The smallest absolute Gasteiger partial charge is 0.202 e. The second kappa shape index (κ2) is 13.2. The van der Waals surface area contributed by atoms with Gasteiger partial charge in [-0.25, -0.2) is 0 Å². The molecule has 0 saturated heterocycles. The Hall–Kier alpha value is -6.68. The predicted molar refractivity (Wildman–Crippen MR) is 191 cm³/mol. The normalized spacial score (nSPS) is 13.6. The van der Waals surface area contributed by atoms with Gasteiger partial charge < -0.3 is 49.6 Å². The molecule has 0 radical (unpaired) electrons. The van der Waals surface area contributed by atoms with Gasteiger partial charge in [0.25, 0.3) is 0 Å². The number of phenolic OH excluding ortho intramolecular Hbond substituents is 6. The van der Waals surface area contributed by atoms with E-state index in [1.807, 2.05) is 0 Å². The van der Waals surface area contributed by atoms with Gasteiger partial charge in [0.15, 0.2) is 23.0 Å². The van der Waals surface area contributed by atoms with Gasteiger partial charge in [-0.2, -0.15) is 0 Å². The summed E-state index contributed by atoms with van der Waals surface area (Å²) in [4.78, 5) is 0. The Morgan fingerprint density at radius 1 is 0.269 bits per heavy atom. The molecule has 8 rings (SSSR count). The molecule has 0 fully saturated rings. The van der Waals surface area contributed by atoms with Gasteiger partial charge in [0.05, 0.1) is 0 Å². The van der Waals surface area contributed by atoms with E-state index < -0.39 is 0 Å². The highest BCUT2D eigenvalue weighted by Gasteiger charge is 2.20. The van der Waals surface area contributed by atoms with Crippen molar-refractivity contribution < 1.29 is 49.6 Å². The van der Waals surface area contributed by atoms with Gasteiger partial charge >= 0.3 is 0 Å². The summed E-state index contributed by atoms with van der Waals surface area (Å²) in [6, 6.07) is 26.1. The largest absolute Gasteiger partial charge is 0.508 e. The van der Waals surface area contributed by atoms with E-state index >= 15 is 0 Å². The van der Waals surface area contributed by atoms with Crippen LogP contribution in [0.15, 0.2) is 97.1 Å². The molecule has 6 N–H and O–H groups in total. The summed E-state index contributed by atoms with van der Waals surface area (Å²) in [5, 5.41) is 65.4. The Morgan fingerprint density at radius 2 is 0.481 bits per heavy atom. The third-order valence-electron chi connectivity index (χ3n) is 9.02. The number of hydrogen-bond donors (Lipinski definition) is 6. The Balaban J connectivity index is 1.31. The average Bonchev–Trinajstić information content (AvgIpc) is 3.08. The van der Waals surface area contributed by atoms with Gasteiger partial charge in [-0.1, -0.05) is 0 Å². The first-order chi connectivity index (χ1) is 25.1. The van der Waals surface area contributed by atoms with E-state index in [2.05, 4.69) is 0 Å². The monoisotopic (exact) mass is 698 g/mol. The number of benzene rings is 6. The molecule has 2 heterocycles. The van der Waals surface area contributed by atoms with Crippen molar-refractivity contribution in [2.75, 3.05) is 0 Å². The average molecular weight is 699 g/mol. The van der Waals surface area contributed by atoms with Crippen LogP contribution in [0, 0.1) is 0 Å². The fourth-order valence-corrected chi connectivity index (χ4v) is 6.63. The molecule has 10 nitrogen and oxygen atoms in total. The van der Waals surface area contributed by atoms with Gasteiger partial charge in [0.2, 0.25) is 11.5 Å². The molecule has 2 aliphatic heterocycles. The summed E-state index contributed by atoms with van der Waals surface area (Å²) in [6.45, 7) is 0. The van der Waals surface area contributed by atoms with E-state index in [9.17, 15) is 30.6 Å². The molecule has 10 heteroatoms. The van der Waals surface area contributed by atoms with Crippen LogP contribution < -0.4 is 18.9 Å². The van der Waals surface area contributed by atoms with Crippen LogP contribution in [-0.2, 0) is 38.5 Å². The van der Waals surface area contributed by atoms with Crippen LogP contribution in [0.4, 0.5) is 0 Å². The highest BCUT2D eigenvalue weighted by atomic mass is 16.5. The van der Waals surface area contributed by atoms with Crippen LogP contribution in [0.3, 0.4) is 0 Å². The predicted octanol–water partition coefficient (Wildman–Crippen LogP) is 9.07. The lowest BCUT2D eigenvalue weighted by atomic mass is 10.0. The fourth-order valence-electron chi connectivity index (χ4n) is 6.63. The van der Waals surface area contributed by atoms with Gasteiger partial charge in [-0.3, -0.25) is 0 Å². The molecule has 6 aromatic carbocycles. The van der Waals surface area contributed by atoms with Gasteiger partial charge in [-0.05, 0) is 145 Å². The molecule has 0 unspecified atom stereocenters. The molecular weight excluding hydrogens is 664 g/mol. The first kappa shape index (κ1) is 32.5. The Bertz CT molecular complexity index is 2030. The van der Waals surface area contributed by atoms with Crippen molar-refractivity contribution >= 4 is 0 Å². The highest BCUT2D eigenvalue weighted by molar-refractivity contribution is 5.59. The van der Waals surface area contributed by atoms with Gasteiger partial charge in [-0.15, -0.1) is 0 Å². The summed E-state index contributed by atoms with van der Waals surface area (Å²) in [5.41, 5.74) is 4.41. The van der Waals surface area contributed by atoms with E-state index in [0.29, 0.717) is 61.5 Å². The van der Waals surface area contributed by atoms with Crippen molar-refractivity contribution in [3.05, 3.63) is 130 Å². The van der Waals surface area contributed by atoms with Crippen molar-refractivity contribution in [2.24, 2.45) is 0 Å². The minimum Gasteiger partial charge on any atom is -0.508 e. The van der Waals surface area contributed by atoms with Crippen LogP contribution in [0.2, 0.25) is 0 Å².